The van der Waals surface area contributed by atoms with Crippen LogP contribution >= 0.6 is 0 Å². The Morgan fingerprint density at radius 2 is 2.06 bits per heavy atom. The molecule has 0 aliphatic carbocycles. The number of hydrogen-bond acceptors (Lipinski definition) is 3. The number of nitrogens with zero attached hydrogens (tertiary/aromatic N) is 1. The van der Waals surface area contributed by atoms with Crippen molar-refractivity contribution in [1.82, 2.24) is 4.98 Å². The molecule has 0 unspecified atom stereocenters. The minimum atomic E-state index is -0.0656. The SMILES string of the molecule is CCCOCC(=O)c1ccc2ccccc2n1. The van der Waals surface area contributed by atoms with E-state index in [-0.39, 0.29) is 12.4 Å². The molecule has 0 aliphatic rings. The molecule has 0 aliphatic heterocycles. The zero-order valence-corrected chi connectivity index (χ0v) is 9.85. The van der Waals surface area contributed by atoms with Gasteiger partial charge in [-0.05, 0) is 18.6 Å². The van der Waals surface area contributed by atoms with Crippen LogP contribution in [0.2, 0.25) is 0 Å². The molecular weight excluding hydrogens is 214 g/mol. The van der Waals surface area contributed by atoms with E-state index in [1.165, 1.54) is 0 Å². The Bertz CT molecular complexity index is 522. The topological polar surface area (TPSA) is 39.2 Å². The minimum absolute atomic E-state index is 0.0656. The van der Waals surface area contributed by atoms with Crippen molar-refractivity contribution < 1.29 is 9.53 Å². The van der Waals surface area contributed by atoms with Gasteiger partial charge in [-0.2, -0.15) is 0 Å². The van der Waals surface area contributed by atoms with Crippen LogP contribution in [0.15, 0.2) is 36.4 Å². The molecular formula is C14H15NO2. The molecule has 88 valence electrons. The van der Waals surface area contributed by atoms with Crippen LogP contribution in [0.25, 0.3) is 10.9 Å². The van der Waals surface area contributed by atoms with E-state index in [0.717, 1.165) is 17.3 Å². The van der Waals surface area contributed by atoms with Crippen LogP contribution in [0.1, 0.15) is 23.8 Å². The normalized spacial score (nSPS) is 10.6. The monoisotopic (exact) mass is 229 g/mol. The molecule has 1 aromatic carbocycles. The summed E-state index contributed by atoms with van der Waals surface area (Å²) in [7, 11) is 0. The summed E-state index contributed by atoms with van der Waals surface area (Å²) in [6.45, 7) is 2.73. The molecule has 0 spiro atoms. The smallest absolute Gasteiger partial charge is 0.206 e. The number of carbonyl (C=O) groups excluding carboxylic acids is 1. The lowest BCUT2D eigenvalue weighted by atomic mass is 10.2. The van der Waals surface area contributed by atoms with Crippen LogP contribution in [0, 0.1) is 0 Å². The van der Waals surface area contributed by atoms with Crippen LogP contribution < -0.4 is 0 Å². The Morgan fingerprint density at radius 3 is 2.88 bits per heavy atom. The summed E-state index contributed by atoms with van der Waals surface area (Å²) in [4.78, 5) is 16.1. The maximum Gasteiger partial charge on any atom is 0.206 e. The summed E-state index contributed by atoms with van der Waals surface area (Å²) in [5.41, 5.74) is 1.31. The van der Waals surface area contributed by atoms with Crippen molar-refractivity contribution in [2.75, 3.05) is 13.2 Å². The fourth-order valence-electron chi connectivity index (χ4n) is 1.60. The lowest BCUT2D eigenvalue weighted by Gasteiger charge is -2.03. The fraction of sp³-hybridized carbons (Fsp3) is 0.286. The van der Waals surface area contributed by atoms with Crippen molar-refractivity contribution in [2.45, 2.75) is 13.3 Å². The first kappa shape index (κ1) is 11.7. The minimum Gasteiger partial charge on any atom is -0.373 e. The summed E-state index contributed by atoms with van der Waals surface area (Å²) >= 11 is 0. The first-order valence-electron chi connectivity index (χ1n) is 5.78. The van der Waals surface area contributed by atoms with Crippen molar-refractivity contribution >= 4 is 16.7 Å². The molecule has 17 heavy (non-hydrogen) atoms. The predicted octanol–water partition coefficient (Wildman–Crippen LogP) is 2.84. The van der Waals surface area contributed by atoms with Gasteiger partial charge in [0.25, 0.3) is 0 Å². The molecule has 2 aromatic rings. The third-order valence-electron chi connectivity index (χ3n) is 2.47. The van der Waals surface area contributed by atoms with Gasteiger partial charge in [-0.3, -0.25) is 4.79 Å². The second-order valence-corrected chi connectivity index (χ2v) is 3.86. The Hall–Kier alpha value is -1.74. The predicted molar refractivity (Wildman–Crippen MR) is 67.2 cm³/mol. The van der Waals surface area contributed by atoms with E-state index in [0.29, 0.717) is 12.3 Å². The van der Waals surface area contributed by atoms with Gasteiger partial charge >= 0.3 is 0 Å². The number of fused-ring (bicyclic) bond motifs is 1. The number of ketones is 1. The molecule has 0 bridgehead atoms. The molecule has 0 saturated heterocycles. The average Bonchev–Trinajstić information content (AvgIpc) is 2.38. The van der Waals surface area contributed by atoms with Crippen molar-refractivity contribution in [3.8, 4) is 0 Å². The molecule has 0 radical (unpaired) electrons. The first-order chi connectivity index (χ1) is 8.31. The maximum absolute atomic E-state index is 11.8. The van der Waals surface area contributed by atoms with E-state index < -0.39 is 0 Å². The second kappa shape index (κ2) is 5.55. The number of rotatable bonds is 5. The molecule has 0 saturated carbocycles. The number of pyridine rings is 1. The van der Waals surface area contributed by atoms with E-state index in [1.807, 2.05) is 37.3 Å². The number of ether oxygens (including phenoxy) is 1. The molecule has 0 atom stereocenters. The number of hydrogen-bond donors (Lipinski definition) is 0. The molecule has 3 heteroatoms. The van der Waals surface area contributed by atoms with Crippen molar-refractivity contribution in [1.29, 1.82) is 0 Å². The maximum atomic E-state index is 11.8. The Labute approximate surface area is 100 Å². The van der Waals surface area contributed by atoms with E-state index in [2.05, 4.69) is 4.98 Å². The van der Waals surface area contributed by atoms with Gasteiger partial charge in [0.05, 0.1) is 5.52 Å². The molecule has 3 nitrogen and oxygen atoms in total. The van der Waals surface area contributed by atoms with Gasteiger partial charge in [-0.1, -0.05) is 31.2 Å². The van der Waals surface area contributed by atoms with Gasteiger partial charge in [0.1, 0.15) is 12.3 Å². The highest BCUT2D eigenvalue weighted by molar-refractivity contribution is 5.97. The van der Waals surface area contributed by atoms with Crippen LogP contribution in [0.4, 0.5) is 0 Å². The Balaban J connectivity index is 2.15. The number of benzene rings is 1. The quantitative estimate of drug-likeness (QED) is 0.584. The fourth-order valence-corrected chi connectivity index (χ4v) is 1.60. The summed E-state index contributed by atoms with van der Waals surface area (Å²) in [5.74, 6) is -0.0656. The zero-order chi connectivity index (χ0) is 12.1. The summed E-state index contributed by atoms with van der Waals surface area (Å²) < 4.78 is 5.22. The molecule has 1 aromatic heterocycles. The Kier molecular flexibility index (Phi) is 3.83. The van der Waals surface area contributed by atoms with Crippen molar-refractivity contribution in [3.05, 3.63) is 42.1 Å². The van der Waals surface area contributed by atoms with Gasteiger partial charge < -0.3 is 4.74 Å². The second-order valence-electron chi connectivity index (χ2n) is 3.86. The first-order valence-corrected chi connectivity index (χ1v) is 5.78. The van der Waals surface area contributed by atoms with Gasteiger partial charge in [0, 0.05) is 12.0 Å². The molecule has 0 amide bonds. The summed E-state index contributed by atoms with van der Waals surface area (Å²) in [6, 6.07) is 11.4. The molecule has 0 N–H and O–H groups in total. The third-order valence-corrected chi connectivity index (χ3v) is 2.47. The largest absolute Gasteiger partial charge is 0.373 e. The summed E-state index contributed by atoms with van der Waals surface area (Å²) in [5, 5.41) is 1.04. The third kappa shape index (κ3) is 2.88. The lowest BCUT2D eigenvalue weighted by molar-refractivity contribution is 0.0757. The van der Waals surface area contributed by atoms with E-state index in [1.54, 1.807) is 6.07 Å². The summed E-state index contributed by atoms with van der Waals surface area (Å²) in [6.07, 6.45) is 0.915. The Morgan fingerprint density at radius 1 is 1.24 bits per heavy atom. The van der Waals surface area contributed by atoms with Crippen LogP contribution in [-0.4, -0.2) is 24.0 Å². The molecule has 1 heterocycles. The number of aromatic nitrogens is 1. The van der Waals surface area contributed by atoms with E-state index in [4.69, 9.17) is 4.74 Å². The highest BCUT2D eigenvalue weighted by atomic mass is 16.5. The highest BCUT2D eigenvalue weighted by Crippen LogP contribution is 2.12. The van der Waals surface area contributed by atoms with Gasteiger partial charge in [-0.15, -0.1) is 0 Å². The standard InChI is InChI=1S/C14H15NO2/c1-2-9-17-10-14(16)13-8-7-11-5-3-4-6-12(11)15-13/h3-8H,2,9-10H2,1H3. The lowest BCUT2D eigenvalue weighted by Crippen LogP contribution is -2.11. The highest BCUT2D eigenvalue weighted by Gasteiger charge is 2.07. The van der Waals surface area contributed by atoms with Crippen LogP contribution in [0.5, 0.6) is 0 Å². The number of carbonyl (C=O) groups is 1. The number of Topliss-reactive ketones (excluding diaryl/α,β-unsaturated/α-hetero) is 1. The average molecular weight is 229 g/mol. The van der Waals surface area contributed by atoms with Crippen LogP contribution in [-0.2, 0) is 4.74 Å². The van der Waals surface area contributed by atoms with Crippen molar-refractivity contribution in [3.63, 3.8) is 0 Å². The van der Waals surface area contributed by atoms with Gasteiger partial charge in [0.2, 0.25) is 5.78 Å². The van der Waals surface area contributed by atoms with Crippen molar-refractivity contribution in [2.24, 2.45) is 0 Å². The number of para-hydroxylation sites is 1. The zero-order valence-electron chi connectivity index (χ0n) is 9.85. The van der Waals surface area contributed by atoms with Gasteiger partial charge in [-0.25, -0.2) is 4.98 Å². The molecule has 0 fully saturated rings. The van der Waals surface area contributed by atoms with E-state index in [9.17, 15) is 4.79 Å². The van der Waals surface area contributed by atoms with Crippen LogP contribution in [0.3, 0.4) is 0 Å². The molecule has 2 rings (SSSR count). The van der Waals surface area contributed by atoms with Gasteiger partial charge in [0.15, 0.2) is 0 Å². The van der Waals surface area contributed by atoms with E-state index >= 15 is 0 Å².